The molecule has 3 rings (SSSR count). The molecule has 1 fully saturated rings. The molecule has 2 aromatic rings. The van der Waals surface area contributed by atoms with Crippen LogP contribution in [0.4, 0.5) is 15.9 Å². The predicted molar refractivity (Wildman–Crippen MR) is 94.4 cm³/mol. The maximum atomic E-state index is 13.9. The fraction of sp³-hybridized carbons (Fsp3) is 0.368. The van der Waals surface area contributed by atoms with Gasteiger partial charge in [-0.05, 0) is 45.0 Å². The van der Waals surface area contributed by atoms with Crippen LogP contribution in [0.25, 0.3) is 0 Å². The van der Waals surface area contributed by atoms with Crippen molar-refractivity contribution < 1.29 is 13.9 Å². The van der Waals surface area contributed by atoms with Gasteiger partial charge in [0.1, 0.15) is 11.6 Å². The maximum Gasteiger partial charge on any atom is 0.257 e. The lowest BCUT2D eigenvalue weighted by Gasteiger charge is -2.41. The van der Waals surface area contributed by atoms with Crippen molar-refractivity contribution in [3.05, 3.63) is 54.0 Å². The molecule has 0 radical (unpaired) electrons. The summed E-state index contributed by atoms with van der Waals surface area (Å²) >= 11 is 0. The van der Waals surface area contributed by atoms with E-state index in [1.807, 2.05) is 20.8 Å². The Morgan fingerprint density at radius 1 is 1.32 bits per heavy atom. The molecule has 5 nitrogen and oxygen atoms in total. The number of nitrogens with one attached hydrogen (secondary N) is 1. The topological polar surface area (TPSA) is 54.5 Å². The van der Waals surface area contributed by atoms with Gasteiger partial charge in [-0.3, -0.25) is 4.79 Å². The second-order valence-electron chi connectivity index (χ2n) is 6.88. The third kappa shape index (κ3) is 3.96. The second kappa shape index (κ2) is 6.80. The van der Waals surface area contributed by atoms with E-state index in [1.165, 1.54) is 6.07 Å². The van der Waals surface area contributed by atoms with Crippen LogP contribution in [-0.4, -0.2) is 40.6 Å². The molecular formula is C19H22FN3O2. The number of hydrogen-bond donors (Lipinski definition) is 1. The van der Waals surface area contributed by atoms with E-state index >= 15 is 0 Å². The van der Waals surface area contributed by atoms with E-state index in [-0.39, 0.29) is 17.7 Å². The second-order valence-corrected chi connectivity index (χ2v) is 6.88. The Balaban J connectivity index is 1.88. The smallest absolute Gasteiger partial charge is 0.257 e. The zero-order valence-corrected chi connectivity index (χ0v) is 14.6. The molecule has 1 amide bonds. The van der Waals surface area contributed by atoms with Crippen molar-refractivity contribution in [2.75, 3.05) is 18.4 Å². The quantitative estimate of drug-likeness (QED) is 0.925. The van der Waals surface area contributed by atoms with Gasteiger partial charge in [0.05, 0.1) is 23.0 Å². The summed E-state index contributed by atoms with van der Waals surface area (Å²) in [7, 11) is 0. The van der Waals surface area contributed by atoms with Gasteiger partial charge in [-0.25, -0.2) is 9.37 Å². The standard InChI is InChI=1S/C19H22FN3O2/c1-13-11-23(12-19(2,3)25-13)18(24)14-7-6-10-21-17(14)22-16-9-5-4-8-15(16)20/h4-10,13H,11-12H2,1-3H3,(H,21,22)/t13-/m0/s1. The normalized spacial score (nSPS) is 19.5. The predicted octanol–water partition coefficient (Wildman–Crippen LogP) is 3.60. The van der Waals surface area contributed by atoms with Crippen LogP contribution in [0.15, 0.2) is 42.6 Å². The van der Waals surface area contributed by atoms with Crippen molar-refractivity contribution in [3.63, 3.8) is 0 Å². The van der Waals surface area contributed by atoms with Crippen LogP contribution in [0.2, 0.25) is 0 Å². The van der Waals surface area contributed by atoms with Crippen molar-refractivity contribution >= 4 is 17.4 Å². The largest absolute Gasteiger partial charge is 0.369 e. The zero-order valence-electron chi connectivity index (χ0n) is 14.6. The van der Waals surface area contributed by atoms with Gasteiger partial charge in [0.25, 0.3) is 5.91 Å². The van der Waals surface area contributed by atoms with Gasteiger partial charge in [-0.15, -0.1) is 0 Å². The number of halogens is 1. The number of anilines is 2. The highest BCUT2D eigenvalue weighted by Crippen LogP contribution is 2.26. The number of aromatic nitrogens is 1. The molecular weight excluding hydrogens is 321 g/mol. The summed E-state index contributed by atoms with van der Waals surface area (Å²) in [5.74, 6) is -0.197. The molecule has 2 heterocycles. The first kappa shape index (κ1) is 17.4. The van der Waals surface area contributed by atoms with Crippen LogP contribution in [0.5, 0.6) is 0 Å². The zero-order chi connectivity index (χ0) is 18.0. The van der Waals surface area contributed by atoms with Gasteiger partial charge in [-0.2, -0.15) is 0 Å². The molecule has 1 atom stereocenters. The number of hydrogen-bond acceptors (Lipinski definition) is 4. The lowest BCUT2D eigenvalue weighted by Crippen LogP contribution is -2.53. The number of benzene rings is 1. The first-order valence-electron chi connectivity index (χ1n) is 8.29. The Morgan fingerprint density at radius 2 is 2.08 bits per heavy atom. The Hall–Kier alpha value is -2.47. The van der Waals surface area contributed by atoms with E-state index in [0.717, 1.165) is 0 Å². The van der Waals surface area contributed by atoms with Crippen LogP contribution in [0.1, 0.15) is 31.1 Å². The summed E-state index contributed by atoms with van der Waals surface area (Å²) in [6.45, 7) is 6.87. The first-order valence-corrected chi connectivity index (χ1v) is 8.29. The van der Waals surface area contributed by atoms with Crippen LogP contribution >= 0.6 is 0 Å². The molecule has 0 saturated carbocycles. The molecule has 1 saturated heterocycles. The molecule has 25 heavy (non-hydrogen) atoms. The molecule has 1 aromatic carbocycles. The van der Waals surface area contributed by atoms with E-state index in [4.69, 9.17) is 4.74 Å². The summed E-state index contributed by atoms with van der Waals surface area (Å²) in [5.41, 5.74) is 0.288. The van der Waals surface area contributed by atoms with Crippen molar-refractivity contribution in [1.29, 1.82) is 0 Å². The van der Waals surface area contributed by atoms with E-state index in [0.29, 0.717) is 24.5 Å². The Bertz CT molecular complexity index is 779. The molecule has 0 bridgehead atoms. The lowest BCUT2D eigenvalue weighted by molar-refractivity contribution is -0.118. The van der Waals surface area contributed by atoms with Gasteiger partial charge >= 0.3 is 0 Å². The van der Waals surface area contributed by atoms with Crippen molar-refractivity contribution in [1.82, 2.24) is 9.88 Å². The minimum absolute atomic E-state index is 0.0488. The average Bonchev–Trinajstić information content (AvgIpc) is 2.55. The highest BCUT2D eigenvalue weighted by atomic mass is 19.1. The molecule has 1 aliphatic rings. The van der Waals surface area contributed by atoms with Gasteiger partial charge in [0.15, 0.2) is 0 Å². The number of amides is 1. The number of carbonyl (C=O) groups excluding carboxylic acids is 1. The molecule has 1 aliphatic heterocycles. The molecule has 0 spiro atoms. The van der Waals surface area contributed by atoms with Crippen LogP contribution in [0.3, 0.4) is 0 Å². The number of morpholine rings is 1. The van der Waals surface area contributed by atoms with Crippen LogP contribution in [-0.2, 0) is 4.74 Å². The number of ether oxygens (including phenoxy) is 1. The minimum Gasteiger partial charge on any atom is -0.369 e. The van der Waals surface area contributed by atoms with Crippen molar-refractivity contribution in [2.45, 2.75) is 32.5 Å². The van der Waals surface area contributed by atoms with Gasteiger partial charge in [0, 0.05) is 19.3 Å². The first-order chi connectivity index (χ1) is 11.9. The Labute approximate surface area is 146 Å². The molecule has 0 unspecified atom stereocenters. The van der Waals surface area contributed by atoms with E-state index in [1.54, 1.807) is 41.4 Å². The van der Waals surface area contributed by atoms with Crippen LogP contribution in [0, 0.1) is 5.82 Å². The monoisotopic (exact) mass is 343 g/mol. The molecule has 1 N–H and O–H groups in total. The van der Waals surface area contributed by atoms with Crippen molar-refractivity contribution in [3.8, 4) is 0 Å². The average molecular weight is 343 g/mol. The minimum atomic E-state index is -0.408. The van der Waals surface area contributed by atoms with Gasteiger partial charge < -0.3 is 15.0 Å². The molecule has 6 heteroatoms. The fourth-order valence-corrected chi connectivity index (χ4v) is 3.15. The van der Waals surface area contributed by atoms with Crippen LogP contribution < -0.4 is 5.32 Å². The molecule has 1 aromatic heterocycles. The number of pyridine rings is 1. The molecule has 0 aliphatic carbocycles. The molecule has 132 valence electrons. The van der Waals surface area contributed by atoms with E-state index in [9.17, 15) is 9.18 Å². The third-order valence-electron chi connectivity index (χ3n) is 4.02. The van der Waals surface area contributed by atoms with E-state index in [2.05, 4.69) is 10.3 Å². The summed E-state index contributed by atoms with van der Waals surface area (Å²) in [6.07, 6.45) is 1.53. The van der Waals surface area contributed by atoms with E-state index < -0.39 is 11.4 Å². The Morgan fingerprint density at radius 3 is 2.80 bits per heavy atom. The number of rotatable bonds is 3. The maximum absolute atomic E-state index is 13.9. The summed E-state index contributed by atoms with van der Waals surface area (Å²) in [5, 5.41) is 2.93. The number of nitrogens with zero attached hydrogens (tertiary/aromatic N) is 2. The highest BCUT2D eigenvalue weighted by Gasteiger charge is 2.34. The lowest BCUT2D eigenvalue weighted by atomic mass is 10.0. The Kier molecular flexibility index (Phi) is 4.72. The van der Waals surface area contributed by atoms with Gasteiger partial charge in [0.2, 0.25) is 0 Å². The fourth-order valence-electron chi connectivity index (χ4n) is 3.15. The van der Waals surface area contributed by atoms with Gasteiger partial charge in [-0.1, -0.05) is 12.1 Å². The summed E-state index contributed by atoms with van der Waals surface area (Å²) in [6, 6.07) is 9.71. The summed E-state index contributed by atoms with van der Waals surface area (Å²) < 4.78 is 19.8. The highest BCUT2D eigenvalue weighted by molar-refractivity contribution is 5.99. The SMILES string of the molecule is C[C@H]1CN(C(=O)c2cccnc2Nc2ccccc2F)CC(C)(C)O1. The number of para-hydroxylation sites is 1. The number of carbonyl (C=O) groups is 1. The summed E-state index contributed by atoms with van der Waals surface area (Å²) in [4.78, 5) is 19.0. The van der Waals surface area contributed by atoms with Crippen molar-refractivity contribution in [2.24, 2.45) is 0 Å². The third-order valence-corrected chi connectivity index (χ3v) is 4.02.